The minimum absolute atomic E-state index is 0.590. The van der Waals surface area contributed by atoms with E-state index in [4.69, 9.17) is 4.74 Å². The lowest BCUT2D eigenvalue weighted by molar-refractivity contribution is -0.0257. The van der Waals surface area contributed by atoms with Gasteiger partial charge in [-0.05, 0) is 24.1 Å². The van der Waals surface area contributed by atoms with Gasteiger partial charge in [0.15, 0.2) is 0 Å². The molecule has 0 aromatic heterocycles. The second-order valence-corrected chi connectivity index (χ2v) is 3.47. The van der Waals surface area contributed by atoms with Crippen molar-refractivity contribution in [2.45, 2.75) is 33.0 Å². The lowest BCUT2D eigenvalue weighted by atomic mass is 10.2. The Morgan fingerprint density at radius 1 is 1.38 bits per heavy atom. The SMILES string of the molecule is CCc1cccc(OC(C)(C)F)c1. The number of ether oxygens (including phenoxy) is 1. The third kappa shape index (κ3) is 3.45. The van der Waals surface area contributed by atoms with Crippen molar-refractivity contribution >= 4 is 0 Å². The molecule has 0 spiro atoms. The van der Waals surface area contributed by atoms with Crippen LogP contribution >= 0.6 is 0 Å². The highest BCUT2D eigenvalue weighted by atomic mass is 19.2. The van der Waals surface area contributed by atoms with Gasteiger partial charge in [-0.3, -0.25) is 0 Å². The molecule has 2 heteroatoms. The van der Waals surface area contributed by atoms with Crippen LogP contribution in [-0.4, -0.2) is 5.85 Å². The minimum atomic E-state index is -1.60. The molecule has 1 aromatic carbocycles. The van der Waals surface area contributed by atoms with E-state index in [9.17, 15) is 4.39 Å². The Balaban J connectivity index is 2.78. The molecule has 0 N–H and O–H groups in total. The van der Waals surface area contributed by atoms with Crippen molar-refractivity contribution in [3.63, 3.8) is 0 Å². The Labute approximate surface area is 78.5 Å². The van der Waals surface area contributed by atoms with E-state index in [1.165, 1.54) is 13.8 Å². The monoisotopic (exact) mass is 182 g/mol. The third-order valence-electron chi connectivity index (χ3n) is 1.67. The maximum absolute atomic E-state index is 13.1. The summed E-state index contributed by atoms with van der Waals surface area (Å²) in [5.74, 6) is -1.02. The molecule has 0 heterocycles. The molecular weight excluding hydrogens is 167 g/mol. The van der Waals surface area contributed by atoms with Crippen molar-refractivity contribution in [2.24, 2.45) is 0 Å². The maximum atomic E-state index is 13.1. The fourth-order valence-corrected chi connectivity index (χ4v) is 1.11. The maximum Gasteiger partial charge on any atom is 0.242 e. The third-order valence-corrected chi connectivity index (χ3v) is 1.67. The number of hydrogen-bond donors (Lipinski definition) is 0. The van der Waals surface area contributed by atoms with Gasteiger partial charge in [-0.1, -0.05) is 19.1 Å². The van der Waals surface area contributed by atoms with Crippen molar-refractivity contribution in [3.05, 3.63) is 29.8 Å². The summed E-state index contributed by atoms with van der Waals surface area (Å²) >= 11 is 0. The van der Waals surface area contributed by atoms with E-state index in [0.29, 0.717) is 5.75 Å². The van der Waals surface area contributed by atoms with E-state index in [0.717, 1.165) is 12.0 Å². The van der Waals surface area contributed by atoms with Gasteiger partial charge < -0.3 is 4.74 Å². The number of aryl methyl sites for hydroxylation is 1. The summed E-state index contributed by atoms with van der Waals surface area (Å²) < 4.78 is 18.2. The van der Waals surface area contributed by atoms with E-state index in [-0.39, 0.29) is 0 Å². The van der Waals surface area contributed by atoms with Crippen LogP contribution in [0.2, 0.25) is 0 Å². The first-order valence-corrected chi connectivity index (χ1v) is 4.48. The summed E-state index contributed by atoms with van der Waals surface area (Å²) in [5, 5.41) is 0. The fraction of sp³-hybridized carbons (Fsp3) is 0.455. The van der Waals surface area contributed by atoms with E-state index < -0.39 is 5.85 Å². The molecule has 0 radical (unpaired) electrons. The van der Waals surface area contributed by atoms with Gasteiger partial charge in [0.1, 0.15) is 5.75 Å². The zero-order valence-corrected chi connectivity index (χ0v) is 8.30. The molecule has 0 unspecified atom stereocenters. The molecular formula is C11H15FO. The molecule has 0 fully saturated rings. The molecule has 0 aliphatic heterocycles. The minimum Gasteiger partial charge on any atom is -0.459 e. The highest BCUT2D eigenvalue weighted by Crippen LogP contribution is 2.20. The summed E-state index contributed by atoms with van der Waals surface area (Å²) in [5.41, 5.74) is 1.15. The largest absolute Gasteiger partial charge is 0.459 e. The average Bonchev–Trinajstić information content (AvgIpc) is 2.01. The van der Waals surface area contributed by atoms with Gasteiger partial charge in [-0.25, -0.2) is 0 Å². The van der Waals surface area contributed by atoms with Crippen LogP contribution in [0.3, 0.4) is 0 Å². The fourth-order valence-electron chi connectivity index (χ4n) is 1.11. The van der Waals surface area contributed by atoms with Crippen molar-refractivity contribution in [2.75, 3.05) is 0 Å². The first-order valence-electron chi connectivity index (χ1n) is 4.48. The standard InChI is InChI=1S/C11H15FO/c1-4-9-6-5-7-10(8-9)13-11(2,3)12/h5-8H,4H2,1-3H3. The first kappa shape index (κ1) is 10.0. The van der Waals surface area contributed by atoms with E-state index >= 15 is 0 Å². The topological polar surface area (TPSA) is 9.23 Å². The first-order chi connectivity index (χ1) is 6.01. The van der Waals surface area contributed by atoms with Gasteiger partial charge in [-0.2, -0.15) is 4.39 Å². The van der Waals surface area contributed by atoms with Crippen LogP contribution in [0.1, 0.15) is 26.3 Å². The lowest BCUT2D eigenvalue weighted by Crippen LogP contribution is -2.20. The Bertz CT molecular complexity index is 276. The molecule has 0 atom stereocenters. The van der Waals surface area contributed by atoms with Crippen molar-refractivity contribution in [1.29, 1.82) is 0 Å². The second kappa shape index (κ2) is 3.77. The highest BCUT2D eigenvalue weighted by molar-refractivity contribution is 5.28. The van der Waals surface area contributed by atoms with Crippen LogP contribution in [-0.2, 0) is 6.42 Å². The van der Waals surface area contributed by atoms with Crippen LogP contribution in [0, 0.1) is 0 Å². The van der Waals surface area contributed by atoms with Gasteiger partial charge in [0, 0.05) is 13.8 Å². The number of halogens is 1. The molecule has 1 aromatic rings. The predicted molar refractivity (Wildman–Crippen MR) is 51.6 cm³/mol. The Morgan fingerprint density at radius 2 is 2.08 bits per heavy atom. The smallest absolute Gasteiger partial charge is 0.242 e. The molecule has 0 amide bonds. The molecule has 0 saturated carbocycles. The van der Waals surface area contributed by atoms with Gasteiger partial charge >= 0.3 is 0 Å². The van der Waals surface area contributed by atoms with E-state index in [2.05, 4.69) is 6.92 Å². The Hall–Kier alpha value is -1.05. The number of hydrogen-bond acceptors (Lipinski definition) is 1. The van der Waals surface area contributed by atoms with Gasteiger partial charge in [-0.15, -0.1) is 0 Å². The molecule has 0 aliphatic carbocycles. The molecule has 1 nitrogen and oxygen atoms in total. The molecule has 0 saturated heterocycles. The predicted octanol–water partition coefficient (Wildman–Crippen LogP) is 3.33. The normalized spacial score (nSPS) is 11.4. The summed E-state index contributed by atoms with van der Waals surface area (Å²) in [7, 11) is 0. The van der Waals surface area contributed by atoms with Gasteiger partial charge in [0.05, 0.1) is 0 Å². The lowest BCUT2D eigenvalue weighted by Gasteiger charge is -2.17. The average molecular weight is 182 g/mol. The second-order valence-electron chi connectivity index (χ2n) is 3.47. The van der Waals surface area contributed by atoms with Crippen LogP contribution in [0.4, 0.5) is 4.39 Å². The summed E-state index contributed by atoms with van der Waals surface area (Å²) in [6.07, 6.45) is 0.934. The Kier molecular flexibility index (Phi) is 2.91. The number of alkyl halides is 1. The number of benzene rings is 1. The summed E-state index contributed by atoms with van der Waals surface area (Å²) in [4.78, 5) is 0. The zero-order valence-electron chi connectivity index (χ0n) is 8.30. The van der Waals surface area contributed by atoms with E-state index in [1.807, 2.05) is 18.2 Å². The van der Waals surface area contributed by atoms with Crippen LogP contribution in [0.15, 0.2) is 24.3 Å². The molecule has 0 bridgehead atoms. The van der Waals surface area contributed by atoms with E-state index in [1.54, 1.807) is 6.07 Å². The molecule has 0 aliphatic rings. The molecule has 72 valence electrons. The van der Waals surface area contributed by atoms with Crippen molar-refractivity contribution < 1.29 is 9.13 Å². The van der Waals surface area contributed by atoms with Crippen molar-refractivity contribution in [1.82, 2.24) is 0 Å². The van der Waals surface area contributed by atoms with Crippen molar-refractivity contribution in [3.8, 4) is 5.75 Å². The number of rotatable bonds is 3. The summed E-state index contributed by atoms with van der Waals surface area (Å²) in [6, 6.07) is 7.50. The van der Waals surface area contributed by atoms with Gasteiger partial charge in [0.2, 0.25) is 5.85 Å². The van der Waals surface area contributed by atoms with Crippen LogP contribution < -0.4 is 4.74 Å². The quantitative estimate of drug-likeness (QED) is 0.696. The zero-order chi connectivity index (χ0) is 9.90. The summed E-state index contributed by atoms with van der Waals surface area (Å²) in [6.45, 7) is 4.84. The highest BCUT2D eigenvalue weighted by Gasteiger charge is 2.16. The van der Waals surface area contributed by atoms with Crippen LogP contribution in [0.25, 0.3) is 0 Å². The van der Waals surface area contributed by atoms with Gasteiger partial charge in [0.25, 0.3) is 0 Å². The van der Waals surface area contributed by atoms with Crippen LogP contribution in [0.5, 0.6) is 5.75 Å². The molecule has 1 rings (SSSR count). The Morgan fingerprint density at radius 3 is 2.62 bits per heavy atom. The molecule has 13 heavy (non-hydrogen) atoms.